The zero-order valence-electron chi connectivity index (χ0n) is 12.2. The van der Waals surface area contributed by atoms with Gasteiger partial charge in [-0.15, -0.1) is 0 Å². The number of rotatable bonds is 4. The second kappa shape index (κ2) is 7.23. The minimum Gasteiger partial charge on any atom is -0.340 e. The summed E-state index contributed by atoms with van der Waals surface area (Å²) in [5, 5.41) is 3.36. The summed E-state index contributed by atoms with van der Waals surface area (Å²) in [6.45, 7) is 3.83. The fourth-order valence-electron chi connectivity index (χ4n) is 2.81. The van der Waals surface area contributed by atoms with Gasteiger partial charge in [-0.1, -0.05) is 41.4 Å². The molecule has 1 amide bonds. The van der Waals surface area contributed by atoms with E-state index in [-0.39, 0.29) is 11.9 Å². The lowest BCUT2D eigenvalue weighted by molar-refractivity contribution is -0.133. The molecule has 1 fully saturated rings. The van der Waals surface area contributed by atoms with Crippen molar-refractivity contribution in [1.29, 1.82) is 0 Å². The molecule has 2 rings (SSSR count). The smallest absolute Gasteiger partial charge is 0.239 e. The van der Waals surface area contributed by atoms with Gasteiger partial charge in [0.05, 0.1) is 6.04 Å². The fourth-order valence-corrected chi connectivity index (χ4v) is 3.25. The van der Waals surface area contributed by atoms with Crippen LogP contribution < -0.4 is 5.32 Å². The van der Waals surface area contributed by atoms with Crippen LogP contribution in [0.1, 0.15) is 31.7 Å². The van der Waals surface area contributed by atoms with Gasteiger partial charge in [-0.3, -0.25) is 4.79 Å². The standard InChI is InChI=1S/C16H23BrN2O/c1-3-12-7-8-18-15(10-12)16(20)19(2)11-13-5-4-6-14(17)9-13/h4-6,9,12,15,18H,3,7-8,10-11H2,1-2H3. The van der Waals surface area contributed by atoms with Gasteiger partial charge in [0, 0.05) is 18.1 Å². The Morgan fingerprint density at radius 2 is 2.30 bits per heavy atom. The topological polar surface area (TPSA) is 32.3 Å². The molecule has 0 aromatic heterocycles. The molecule has 1 aromatic carbocycles. The average molecular weight is 339 g/mol. The third-order valence-electron chi connectivity index (χ3n) is 4.07. The summed E-state index contributed by atoms with van der Waals surface area (Å²) in [6, 6.07) is 8.11. The number of hydrogen-bond acceptors (Lipinski definition) is 2. The lowest BCUT2D eigenvalue weighted by atomic mass is 9.90. The Labute approximate surface area is 129 Å². The van der Waals surface area contributed by atoms with Gasteiger partial charge >= 0.3 is 0 Å². The maximum Gasteiger partial charge on any atom is 0.239 e. The molecule has 1 N–H and O–H groups in total. The number of likely N-dealkylation sites (N-methyl/N-ethyl adjacent to an activating group) is 1. The Bertz CT molecular complexity index is 464. The van der Waals surface area contributed by atoms with E-state index in [1.807, 2.05) is 24.1 Å². The molecule has 3 nitrogen and oxygen atoms in total. The summed E-state index contributed by atoms with van der Waals surface area (Å²) in [5.41, 5.74) is 1.15. The molecule has 2 atom stereocenters. The largest absolute Gasteiger partial charge is 0.340 e. The Hall–Kier alpha value is -0.870. The number of carbonyl (C=O) groups excluding carboxylic acids is 1. The molecule has 1 aliphatic heterocycles. The van der Waals surface area contributed by atoms with Crippen LogP contribution in [0.5, 0.6) is 0 Å². The van der Waals surface area contributed by atoms with Crippen LogP contribution in [-0.2, 0) is 11.3 Å². The third kappa shape index (κ3) is 4.06. The number of amides is 1. The predicted molar refractivity (Wildman–Crippen MR) is 85.4 cm³/mol. The number of carbonyl (C=O) groups is 1. The number of benzene rings is 1. The van der Waals surface area contributed by atoms with Crippen LogP contribution in [-0.4, -0.2) is 30.4 Å². The highest BCUT2D eigenvalue weighted by atomic mass is 79.9. The minimum absolute atomic E-state index is 0.00847. The summed E-state index contributed by atoms with van der Waals surface area (Å²) in [5.74, 6) is 0.896. The van der Waals surface area contributed by atoms with E-state index in [4.69, 9.17) is 0 Å². The Morgan fingerprint density at radius 1 is 1.50 bits per heavy atom. The molecule has 110 valence electrons. The molecule has 0 saturated carbocycles. The normalized spacial score (nSPS) is 22.6. The van der Waals surface area contributed by atoms with Crippen molar-refractivity contribution >= 4 is 21.8 Å². The van der Waals surface area contributed by atoms with Gasteiger partial charge in [0.1, 0.15) is 0 Å². The number of halogens is 1. The maximum absolute atomic E-state index is 12.5. The molecular formula is C16H23BrN2O. The molecule has 1 aliphatic rings. The molecule has 1 aromatic rings. The second-order valence-electron chi connectivity index (χ2n) is 5.63. The summed E-state index contributed by atoms with van der Waals surface area (Å²) in [7, 11) is 1.89. The zero-order chi connectivity index (χ0) is 14.5. The van der Waals surface area contributed by atoms with E-state index < -0.39 is 0 Å². The summed E-state index contributed by atoms with van der Waals surface area (Å²) >= 11 is 3.47. The van der Waals surface area contributed by atoms with Crippen molar-refractivity contribution in [3.8, 4) is 0 Å². The molecule has 1 saturated heterocycles. The van der Waals surface area contributed by atoms with Crippen molar-refractivity contribution in [2.24, 2.45) is 5.92 Å². The highest BCUT2D eigenvalue weighted by Gasteiger charge is 2.27. The van der Waals surface area contributed by atoms with Crippen molar-refractivity contribution in [2.75, 3.05) is 13.6 Å². The maximum atomic E-state index is 12.5. The Balaban J connectivity index is 1.94. The molecule has 4 heteroatoms. The number of nitrogens with one attached hydrogen (secondary N) is 1. The van der Waals surface area contributed by atoms with Crippen molar-refractivity contribution in [2.45, 2.75) is 38.8 Å². The monoisotopic (exact) mass is 338 g/mol. The first-order valence-electron chi connectivity index (χ1n) is 7.33. The van der Waals surface area contributed by atoms with Crippen LogP contribution in [0.4, 0.5) is 0 Å². The van der Waals surface area contributed by atoms with Gasteiger partial charge in [0.2, 0.25) is 5.91 Å². The van der Waals surface area contributed by atoms with Gasteiger partial charge in [-0.05, 0) is 43.0 Å². The first kappa shape index (κ1) is 15.5. The SMILES string of the molecule is CCC1CCNC(C(=O)N(C)Cc2cccc(Br)c2)C1. The number of piperidine rings is 1. The summed E-state index contributed by atoms with van der Waals surface area (Å²) in [4.78, 5) is 14.3. The predicted octanol–water partition coefficient (Wildman–Crippen LogP) is 3.19. The zero-order valence-corrected chi connectivity index (χ0v) is 13.8. The molecule has 2 unspecified atom stereocenters. The first-order chi connectivity index (χ1) is 9.60. The van der Waals surface area contributed by atoms with Crippen molar-refractivity contribution < 1.29 is 4.79 Å². The highest BCUT2D eigenvalue weighted by molar-refractivity contribution is 9.10. The van der Waals surface area contributed by atoms with Gasteiger partial charge in [-0.2, -0.15) is 0 Å². The fraction of sp³-hybridized carbons (Fsp3) is 0.562. The van der Waals surface area contributed by atoms with E-state index in [0.29, 0.717) is 12.5 Å². The lowest BCUT2D eigenvalue weighted by Crippen LogP contribution is -2.49. The van der Waals surface area contributed by atoms with Crippen LogP contribution in [0, 0.1) is 5.92 Å². The molecule has 0 spiro atoms. The third-order valence-corrected chi connectivity index (χ3v) is 4.57. The molecule has 0 bridgehead atoms. The molecule has 0 radical (unpaired) electrons. The van der Waals surface area contributed by atoms with E-state index in [1.165, 1.54) is 12.8 Å². The second-order valence-corrected chi connectivity index (χ2v) is 6.55. The number of nitrogens with zero attached hydrogens (tertiary/aromatic N) is 1. The Kier molecular flexibility index (Phi) is 5.61. The van der Waals surface area contributed by atoms with Crippen molar-refractivity contribution in [3.63, 3.8) is 0 Å². The Morgan fingerprint density at radius 3 is 3.00 bits per heavy atom. The van der Waals surface area contributed by atoms with Crippen molar-refractivity contribution in [3.05, 3.63) is 34.3 Å². The van der Waals surface area contributed by atoms with Gasteiger partial charge in [-0.25, -0.2) is 0 Å². The van der Waals surface area contributed by atoms with Gasteiger partial charge in [0.25, 0.3) is 0 Å². The molecule has 20 heavy (non-hydrogen) atoms. The van der Waals surface area contributed by atoms with Gasteiger partial charge in [0.15, 0.2) is 0 Å². The van der Waals surface area contributed by atoms with Crippen LogP contribution in [0.2, 0.25) is 0 Å². The van der Waals surface area contributed by atoms with Crippen LogP contribution in [0.15, 0.2) is 28.7 Å². The van der Waals surface area contributed by atoms with E-state index >= 15 is 0 Å². The summed E-state index contributed by atoms with van der Waals surface area (Å²) < 4.78 is 1.05. The van der Waals surface area contributed by atoms with Crippen LogP contribution in [0.25, 0.3) is 0 Å². The summed E-state index contributed by atoms with van der Waals surface area (Å²) in [6.07, 6.45) is 3.33. The van der Waals surface area contributed by atoms with E-state index in [0.717, 1.165) is 23.0 Å². The quantitative estimate of drug-likeness (QED) is 0.914. The van der Waals surface area contributed by atoms with Gasteiger partial charge < -0.3 is 10.2 Å². The van der Waals surface area contributed by atoms with Crippen molar-refractivity contribution in [1.82, 2.24) is 10.2 Å². The van der Waals surface area contributed by atoms with E-state index in [1.54, 1.807) is 0 Å². The van der Waals surface area contributed by atoms with Crippen LogP contribution >= 0.6 is 15.9 Å². The molecule has 0 aliphatic carbocycles. The van der Waals surface area contributed by atoms with E-state index in [2.05, 4.69) is 40.3 Å². The minimum atomic E-state index is -0.00847. The molecular weight excluding hydrogens is 316 g/mol. The number of hydrogen-bond donors (Lipinski definition) is 1. The molecule has 1 heterocycles. The highest BCUT2D eigenvalue weighted by Crippen LogP contribution is 2.21. The lowest BCUT2D eigenvalue weighted by Gasteiger charge is -2.31. The first-order valence-corrected chi connectivity index (χ1v) is 8.12. The van der Waals surface area contributed by atoms with Crippen LogP contribution in [0.3, 0.4) is 0 Å². The average Bonchev–Trinajstić information content (AvgIpc) is 2.46. The van der Waals surface area contributed by atoms with E-state index in [9.17, 15) is 4.79 Å².